The Hall–Kier alpha value is -3.66. The van der Waals surface area contributed by atoms with Crippen LogP contribution in [0.4, 0.5) is 0 Å². The molecule has 0 saturated carbocycles. The maximum atomic E-state index is 5.37. The van der Waals surface area contributed by atoms with E-state index < -0.39 is 0 Å². The summed E-state index contributed by atoms with van der Waals surface area (Å²) in [5.74, 6) is 1.63. The first-order chi connectivity index (χ1) is 15.0. The van der Waals surface area contributed by atoms with E-state index in [1.54, 1.807) is 14.2 Å². The average molecular weight is 411 g/mol. The standard InChI is InChI=1S/C27H26N2O2/c1-27(2,25-15-7-13-23(28-25)19-9-5-11-21(17-19)30-3)26-16-8-14-24(29-26)20-10-6-12-22(18-20)31-4/h5-18H,1-4H3. The van der Waals surface area contributed by atoms with Gasteiger partial charge in [0.05, 0.1) is 37.0 Å². The summed E-state index contributed by atoms with van der Waals surface area (Å²) in [6.45, 7) is 4.31. The zero-order chi connectivity index (χ0) is 21.8. The lowest BCUT2D eigenvalue weighted by molar-refractivity contribution is 0.415. The zero-order valence-corrected chi connectivity index (χ0v) is 18.3. The van der Waals surface area contributed by atoms with Crippen molar-refractivity contribution in [3.05, 3.63) is 96.3 Å². The molecule has 2 aromatic carbocycles. The molecule has 0 aliphatic carbocycles. The highest BCUT2D eigenvalue weighted by molar-refractivity contribution is 5.63. The van der Waals surface area contributed by atoms with E-state index in [1.165, 1.54) is 0 Å². The van der Waals surface area contributed by atoms with Crippen molar-refractivity contribution in [1.82, 2.24) is 9.97 Å². The highest BCUT2D eigenvalue weighted by Crippen LogP contribution is 2.32. The molecule has 4 rings (SSSR count). The zero-order valence-electron chi connectivity index (χ0n) is 18.3. The van der Waals surface area contributed by atoms with Crippen LogP contribution in [0, 0.1) is 0 Å². The third-order valence-corrected chi connectivity index (χ3v) is 5.51. The summed E-state index contributed by atoms with van der Waals surface area (Å²) in [6, 6.07) is 28.2. The van der Waals surface area contributed by atoms with Gasteiger partial charge in [0.15, 0.2) is 0 Å². The van der Waals surface area contributed by atoms with Gasteiger partial charge in [0.1, 0.15) is 11.5 Å². The highest BCUT2D eigenvalue weighted by Gasteiger charge is 2.27. The molecule has 2 heterocycles. The minimum atomic E-state index is -0.371. The van der Waals surface area contributed by atoms with Crippen molar-refractivity contribution in [3.8, 4) is 34.0 Å². The lowest BCUT2D eigenvalue weighted by Crippen LogP contribution is -2.22. The number of aromatic nitrogens is 2. The molecule has 0 aliphatic rings. The molecular formula is C27H26N2O2. The molecule has 0 unspecified atom stereocenters. The number of ether oxygens (including phenoxy) is 2. The molecule has 0 N–H and O–H groups in total. The van der Waals surface area contributed by atoms with Gasteiger partial charge in [0, 0.05) is 16.5 Å². The van der Waals surface area contributed by atoms with Crippen molar-refractivity contribution in [2.24, 2.45) is 0 Å². The molecule has 4 nitrogen and oxygen atoms in total. The van der Waals surface area contributed by atoms with Gasteiger partial charge in [-0.15, -0.1) is 0 Å². The SMILES string of the molecule is COc1cccc(-c2cccc(C(C)(C)c3cccc(-c4cccc(OC)c4)n3)n2)c1. The molecule has 0 bridgehead atoms. The third kappa shape index (κ3) is 4.29. The number of hydrogen-bond donors (Lipinski definition) is 0. The minimum absolute atomic E-state index is 0.371. The van der Waals surface area contributed by atoms with E-state index in [-0.39, 0.29) is 5.41 Å². The van der Waals surface area contributed by atoms with E-state index >= 15 is 0 Å². The molecule has 0 atom stereocenters. The summed E-state index contributed by atoms with van der Waals surface area (Å²) in [7, 11) is 3.35. The van der Waals surface area contributed by atoms with Crippen molar-refractivity contribution in [3.63, 3.8) is 0 Å². The monoisotopic (exact) mass is 410 g/mol. The van der Waals surface area contributed by atoms with Crippen LogP contribution in [0.3, 0.4) is 0 Å². The molecule has 4 aromatic rings. The van der Waals surface area contributed by atoms with Crippen LogP contribution >= 0.6 is 0 Å². The number of nitrogens with zero attached hydrogens (tertiary/aromatic N) is 2. The molecule has 0 saturated heterocycles. The second-order valence-electron chi connectivity index (χ2n) is 7.91. The predicted octanol–water partition coefficient (Wildman–Crippen LogP) is 6.15. The van der Waals surface area contributed by atoms with Crippen LogP contribution in [0.15, 0.2) is 84.9 Å². The summed E-state index contributed by atoms with van der Waals surface area (Å²) in [6.07, 6.45) is 0. The van der Waals surface area contributed by atoms with Crippen LogP contribution in [0.1, 0.15) is 25.2 Å². The Labute approximate surface area is 183 Å². The van der Waals surface area contributed by atoms with E-state index in [9.17, 15) is 0 Å². The van der Waals surface area contributed by atoms with Crippen LogP contribution in [0.5, 0.6) is 11.5 Å². The van der Waals surface area contributed by atoms with Crippen LogP contribution in [-0.2, 0) is 5.41 Å². The van der Waals surface area contributed by atoms with E-state index in [0.717, 1.165) is 45.4 Å². The summed E-state index contributed by atoms with van der Waals surface area (Å²) in [4.78, 5) is 9.96. The largest absolute Gasteiger partial charge is 0.497 e. The molecule has 4 heteroatoms. The van der Waals surface area contributed by atoms with Gasteiger partial charge in [-0.1, -0.05) is 36.4 Å². The Morgan fingerprint density at radius 2 is 1.00 bits per heavy atom. The van der Waals surface area contributed by atoms with Crippen molar-refractivity contribution in [1.29, 1.82) is 0 Å². The summed E-state index contributed by atoms with van der Waals surface area (Å²) in [5, 5.41) is 0. The van der Waals surface area contributed by atoms with E-state index in [2.05, 4.69) is 26.0 Å². The van der Waals surface area contributed by atoms with Gasteiger partial charge < -0.3 is 9.47 Å². The number of rotatable bonds is 6. The summed E-state index contributed by atoms with van der Waals surface area (Å²) in [5.41, 5.74) is 5.42. The van der Waals surface area contributed by atoms with Crippen LogP contribution < -0.4 is 9.47 Å². The molecule has 0 radical (unpaired) electrons. The lowest BCUT2D eigenvalue weighted by Gasteiger charge is -2.25. The van der Waals surface area contributed by atoms with E-state index in [4.69, 9.17) is 19.4 Å². The van der Waals surface area contributed by atoms with Gasteiger partial charge in [-0.3, -0.25) is 9.97 Å². The fourth-order valence-corrected chi connectivity index (χ4v) is 3.58. The van der Waals surface area contributed by atoms with Crippen molar-refractivity contribution < 1.29 is 9.47 Å². The van der Waals surface area contributed by atoms with Gasteiger partial charge in [-0.05, 0) is 62.4 Å². The van der Waals surface area contributed by atoms with Gasteiger partial charge in [-0.25, -0.2) is 0 Å². The Balaban J connectivity index is 1.72. The number of hydrogen-bond acceptors (Lipinski definition) is 4. The maximum absolute atomic E-state index is 5.37. The van der Waals surface area contributed by atoms with Crippen LogP contribution in [-0.4, -0.2) is 24.2 Å². The highest BCUT2D eigenvalue weighted by atomic mass is 16.5. The normalized spacial score (nSPS) is 11.2. The molecule has 0 amide bonds. The molecule has 31 heavy (non-hydrogen) atoms. The smallest absolute Gasteiger partial charge is 0.119 e. The van der Waals surface area contributed by atoms with Gasteiger partial charge in [0.25, 0.3) is 0 Å². The van der Waals surface area contributed by atoms with Gasteiger partial charge >= 0.3 is 0 Å². The maximum Gasteiger partial charge on any atom is 0.119 e. The fraction of sp³-hybridized carbons (Fsp3) is 0.185. The molecule has 2 aromatic heterocycles. The predicted molar refractivity (Wildman–Crippen MR) is 125 cm³/mol. The molecule has 0 aliphatic heterocycles. The second kappa shape index (κ2) is 8.60. The average Bonchev–Trinajstić information content (AvgIpc) is 2.84. The molecule has 0 fully saturated rings. The van der Waals surface area contributed by atoms with E-state index in [0.29, 0.717) is 0 Å². The number of benzene rings is 2. The first-order valence-corrected chi connectivity index (χ1v) is 10.2. The van der Waals surface area contributed by atoms with Gasteiger partial charge in [0.2, 0.25) is 0 Å². The quantitative estimate of drug-likeness (QED) is 0.382. The summed E-state index contributed by atoms with van der Waals surface area (Å²) < 4.78 is 10.7. The van der Waals surface area contributed by atoms with Crippen molar-refractivity contribution in [2.75, 3.05) is 14.2 Å². The van der Waals surface area contributed by atoms with Crippen molar-refractivity contribution >= 4 is 0 Å². The Kier molecular flexibility index (Phi) is 5.72. The van der Waals surface area contributed by atoms with Gasteiger partial charge in [-0.2, -0.15) is 0 Å². The molecular weight excluding hydrogens is 384 g/mol. The second-order valence-corrected chi connectivity index (χ2v) is 7.91. The molecule has 156 valence electrons. The lowest BCUT2D eigenvalue weighted by atomic mass is 9.84. The first kappa shape index (κ1) is 20.6. The Morgan fingerprint density at radius 1 is 0.581 bits per heavy atom. The first-order valence-electron chi connectivity index (χ1n) is 10.2. The fourth-order valence-electron chi connectivity index (χ4n) is 3.58. The van der Waals surface area contributed by atoms with Crippen LogP contribution in [0.25, 0.3) is 22.5 Å². The number of methoxy groups -OCH3 is 2. The topological polar surface area (TPSA) is 44.2 Å². The third-order valence-electron chi connectivity index (χ3n) is 5.51. The summed E-state index contributed by atoms with van der Waals surface area (Å²) >= 11 is 0. The Bertz CT molecular complexity index is 1110. The number of pyridine rings is 2. The van der Waals surface area contributed by atoms with Crippen molar-refractivity contribution in [2.45, 2.75) is 19.3 Å². The Morgan fingerprint density at radius 3 is 1.42 bits per heavy atom. The minimum Gasteiger partial charge on any atom is -0.497 e. The van der Waals surface area contributed by atoms with Crippen LogP contribution in [0.2, 0.25) is 0 Å². The van der Waals surface area contributed by atoms with E-state index in [1.807, 2.05) is 72.8 Å². The molecule has 0 spiro atoms.